The zero-order chi connectivity index (χ0) is 31.7. The second-order valence-electron chi connectivity index (χ2n) is 16.0. The summed E-state index contributed by atoms with van der Waals surface area (Å²) in [6.07, 6.45) is 13.2. The normalized spacial score (nSPS) is 39.3. The maximum absolute atomic E-state index is 14.6. The maximum Gasteiger partial charge on any atom is 0.247 e. The van der Waals surface area contributed by atoms with Crippen LogP contribution in [-0.4, -0.2) is 78.3 Å². The van der Waals surface area contributed by atoms with Crippen molar-refractivity contribution in [3.8, 4) is 11.5 Å². The van der Waals surface area contributed by atoms with Crippen LogP contribution in [0.15, 0.2) is 23.8 Å². The van der Waals surface area contributed by atoms with Crippen molar-refractivity contribution in [2.45, 2.75) is 94.8 Å². The second kappa shape index (κ2) is 11.7. The van der Waals surface area contributed by atoms with Gasteiger partial charge in [-0.05, 0) is 117 Å². The average Bonchev–Trinajstić information content (AvgIpc) is 3.77. The molecule has 1 aromatic carbocycles. The van der Waals surface area contributed by atoms with Gasteiger partial charge in [0.2, 0.25) is 11.8 Å². The van der Waals surface area contributed by atoms with Gasteiger partial charge >= 0.3 is 0 Å². The summed E-state index contributed by atoms with van der Waals surface area (Å²) in [5.41, 5.74) is 1.43. The molecular formula is C37H48N2O7. The van der Waals surface area contributed by atoms with Crippen LogP contribution in [0.2, 0.25) is 0 Å². The predicted molar refractivity (Wildman–Crippen MR) is 169 cm³/mol. The summed E-state index contributed by atoms with van der Waals surface area (Å²) < 4.78 is 12.0. The quantitative estimate of drug-likeness (QED) is 0.333. The monoisotopic (exact) mass is 632 g/mol. The smallest absolute Gasteiger partial charge is 0.247 e. The van der Waals surface area contributed by atoms with Crippen LogP contribution in [0.25, 0.3) is 0 Å². The van der Waals surface area contributed by atoms with E-state index in [0.717, 1.165) is 55.6 Å². The van der Waals surface area contributed by atoms with Crippen LogP contribution in [-0.2, 0) is 9.59 Å². The van der Waals surface area contributed by atoms with Crippen molar-refractivity contribution in [2.24, 2.45) is 40.9 Å². The van der Waals surface area contributed by atoms with Gasteiger partial charge in [0.15, 0.2) is 11.5 Å². The molecule has 1 aliphatic heterocycles. The molecule has 9 rings (SSSR count). The van der Waals surface area contributed by atoms with Gasteiger partial charge in [-0.15, -0.1) is 0 Å². The highest BCUT2D eigenvalue weighted by Gasteiger charge is 2.56. The van der Waals surface area contributed by atoms with E-state index in [1.807, 2.05) is 4.90 Å². The number of methoxy groups -OCH3 is 1. The molecule has 1 heterocycles. The summed E-state index contributed by atoms with van der Waals surface area (Å²) in [6, 6.07) is 2.56. The third kappa shape index (κ3) is 5.07. The summed E-state index contributed by atoms with van der Waals surface area (Å²) in [5.74, 6) is 3.71. The van der Waals surface area contributed by atoms with Gasteiger partial charge in [-0.1, -0.05) is 6.42 Å². The van der Waals surface area contributed by atoms with E-state index in [0.29, 0.717) is 53.0 Å². The minimum atomic E-state index is -1.09. The van der Waals surface area contributed by atoms with Crippen molar-refractivity contribution >= 4 is 18.1 Å². The Morgan fingerprint density at radius 2 is 1.80 bits per heavy atom. The number of nitrogens with zero attached hydrogens (tertiary/aromatic N) is 1. The Kier molecular flexibility index (Phi) is 7.71. The molecule has 9 nitrogen and oxygen atoms in total. The highest BCUT2D eigenvalue weighted by molar-refractivity contribution is 5.96. The van der Waals surface area contributed by atoms with E-state index < -0.39 is 24.2 Å². The highest BCUT2D eigenvalue weighted by Crippen LogP contribution is 2.61. The fraction of sp³-hybridized carbons (Fsp3) is 0.703. The number of fused-ring (bicyclic) bond motifs is 5. The van der Waals surface area contributed by atoms with Crippen molar-refractivity contribution in [3.05, 3.63) is 34.9 Å². The van der Waals surface area contributed by atoms with Crippen LogP contribution in [0.5, 0.6) is 11.5 Å². The number of nitrogens with one attached hydrogen (secondary N) is 1. The van der Waals surface area contributed by atoms with Crippen molar-refractivity contribution < 1.29 is 34.1 Å². The number of ether oxygens (including phenoxy) is 2. The molecule has 248 valence electrons. The van der Waals surface area contributed by atoms with Crippen molar-refractivity contribution in [1.82, 2.24) is 10.2 Å². The Bertz CT molecular complexity index is 1400. The number of hydrogen-bond donors (Lipinski definition) is 3. The van der Waals surface area contributed by atoms with Gasteiger partial charge in [0.1, 0.15) is 18.5 Å². The molecule has 8 aliphatic rings. The van der Waals surface area contributed by atoms with Crippen LogP contribution in [0.1, 0.15) is 92.5 Å². The number of benzene rings is 1. The molecule has 9 heteroatoms. The number of hydrogen-bond acceptors (Lipinski definition) is 7. The molecule has 6 fully saturated rings. The van der Waals surface area contributed by atoms with Crippen LogP contribution >= 0.6 is 0 Å². The fourth-order valence-electron chi connectivity index (χ4n) is 11.7. The van der Waals surface area contributed by atoms with E-state index >= 15 is 0 Å². The SMILES string of the molecule is COc1cc(C=O)cc2c1O[C@@H]1[C@@H](O)[C@H](N(CC34CC5CC(CC(C5)C3)C4)C(=O)CC3CC4CCC3C4)C=C(C(=O)NCCO)[C@H]21. The second-order valence-corrected chi connectivity index (χ2v) is 16.0. The van der Waals surface area contributed by atoms with Gasteiger partial charge in [-0.2, -0.15) is 0 Å². The standard InChI is InChI=1S/C37H48N2O7/c1-45-30-12-24(18-41)11-27-32-28(36(44)38-4-5-40)14-29(33(43)35(32)46-34(27)30)39(31(42)13-26-10-20-2-3-25(26)9-20)19-37-15-21-6-22(16-37)8-23(7-21)17-37/h11-12,14,18,20-23,25-26,29,32-33,35,40,43H,2-10,13,15-17,19H2,1H3,(H,38,44)/t20?,21?,22?,23?,25?,26?,29-,32+,33+,35+,37?/m1/s1. The molecule has 7 aliphatic carbocycles. The lowest BCUT2D eigenvalue weighted by Gasteiger charge is -2.58. The highest BCUT2D eigenvalue weighted by atomic mass is 16.5. The third-order valence-electron chi connectivity index (χ3n) is 13.1. The molecule has 2 amide bonds. The number of carbonyl (C=O) groups excluding carboxylic acids is 3. The molecule has 0 aromatic heterocycles. The minimum Gasteiger partial charge on any atom is -0.493 e. The number of amides is 2. The molecule has 0 saturated heterocycles. The minimum absolute atomic E-state index is 0.0460. The summed E-state index contributed by atoms with van der Waals surface area (Å²) in [5, 5.41) is 24.6. The lowest BCUT2D eigenvalue weighted by molar-refractivity contribution is -0.146. The molecule has 1 aromatic rings. The van der Waals surface area contributed by atoms with Crippen LogP contribution in [0, 0.1) is 40.9 Å². The third-order valence-corrected chi connectivity index (χ3v) is 13.1. The van der Waals surface area contributed by atoms with Gasteiger partial charge in [0.25, 0.3) is 0 Å². The summed E-state index contributed by atoms with van der Waals surface area (Å²) in [7, 11) is 1.50. The first kappa shape index (κ1) is 30.4. The number of rotatable bonds is 10. The number of carbonyl (C=O) groups is 3. The van der Waals surface area contributed by atoms with Crippen molar-refractivity contribution in [3.63, 3.8) is 0 Å². The van der Waals surface area contributed by atoms with E-state index in [2.05, 4.69) is 5.32 Å². The Hall–Kier alpha value is -2.91. The molecule has 3 unspecified atom stereocenters. The first-order valence-corrected chi connectivity index (χ1v) is 17.7. The molecule has 46 heavy (non-hydrogen) atoms. The van der Waals surface area contributed by atoms with Crippen molar-refractivity contribution in [2.75, 3.05) is 26.8 Å². The Balaban J connectivity index is 1.18. The van der Waals surface area contributed by atoms with Gasteiger partial charge in [-0.3, -0.25) is 14.4 Å². The molecule has 6 saturated carbocycles. The average molecular weight is 633 g/mol. The molecule has 0 spiro atoms. The summed E-state index contributed by atoms with van der Waals surface area (Å²) >= 11 is 0. The van der Waals surface area contributed by atoms with Crippen LogP contribution in [0.4, 0.5) is 0 Å². The maximum atomic E-state index is 14.6. The van der Waals surface area contributed by atoms with E-state index in [9.17, 15) is 24.6 Å². The van der Waals surface area contributed by atoms with Gasteiger partial charge < -0.3 is 29.9 Å². The molecule has 6 bridgehead atoms. The van der Waals surface area contributed by atoms with E-state index in [4.69, 9.17) is 9.47 Å². The number of aliphatic hydroxyl groups is 2. The number of aliphatic hydroxyl groups excluding tert-OH is 2. The van der Waals surface area contributed by atoms with Crippen LogP contribution in [0.3, 0.4) is 0 Å². The molecule has 0 radical (unpaired) electrons. The van der Waals surface area contributed by atoms with E-state index in [1.165, 1.54) is 45.6 Å². The van der Waals surface area contributed by atoms with Gasteiger partial charge in [0, 0.05) is 36.2 Å². The zero-order valence-corrected chi connectivity index (χ0v) is 26.9. The lowest BCUT2D eigenvalue weighted by atomic mass is 9.49. The Labute approximate surface area is 271 Å². The Morgan fingerprint density at radius 3 is 2.41 bits per heavy atom. The predicted octanol–water partition coefficient (Wildman–Crippen LogP) is 4.00. The summed E-state index contributed by atoms with van der Waals surface area (Å²) in [4.78, 5) is 42.3. The lowest BCUT2D eigenvalue weighted by Crippen LogP contribution is -2.60. The largest absolute Gasteiger partial charge is 0.493 e. The van der Waals surface area contributed by atoms with E-state index in [1.54, 1.807) is 18.2 Å². The Morgan fingerprint density at radius 1 is 1.07 bits per heavy atom. The van der Waals surface area contributed by atoms with Crippen molar-refractivity contribution in [1.29, 1.82) is 0 Å². The molecule has 7 atom stereocenters. The van der Waals surface area contributed by atoms with Gasteiger partial charge in [-0.25, -0.2) is 0 Å². The first-order chi connectivity index (χ1) is 22.3. The topological polar surface area (TPSA) is 125 Å². The fourth-order valence-corrected chi connectivity index (χ4v) is 11.7. The van der Waals surface area contributed by atoms with Gasteiger partial charge in [0.05, 0.1) is 25.7 Å². The first-order valence-electron chi connectivity index (χ1n) is 17.7. The number of aldehydes is 1. The molecular weight excluding hydrogens is 584 g/mol. The van der Waals surface area contributed by atoms with E-state index in [-0.39, 0.29) is 30.4 Å². The summed E-state index contributed by atoms with van der Waals surface area (Å²) in [6.45, 7) is 0.463. The molecule has 3 N–H and O–H groups in total. The van der Waals surface area contributed by atoms with Crippen LogP contribution < -0.4 is 14.8 Å². The zero-order valence-electron chi connectivity index (χ0n) is 26.9.